The summed E-state index contributed by atoms with van der Waals surface area (Å²) in [5.41, 5.74) is 0.651. The molecular weight excluding hydrogens is 183 g/mol. The lowest BCUT2D eigenvalue weighted by Gasteiger charge is -1.98. The number of hydrogen-bond donors (Lipinski definition) is 1. The predicted octanol–water partition coefficient (Wildman–Crippen LogP) is 2.20. The molecule has 0 fully saturated rings. The van der Waals surface area contributed by atoms with E-state index in [1.807, 2.05) is 12.1 Å². The molecule has 0 aliphatic carbocycles. The average Bonchev–Trinajstić information content (AvgIpc) is 2.04. The number of rotatable bonds is 1. The summed E-state index contributed by atoms with van der Waals surface area (Å²) in [4.78, 5) is 0. The fourth-order valence-corrected chi connectivity index (χ4v) is 1.14. The van der Waals surface area contributed by atoms with Crippen molar-refractivity contribution in [2.75, 3.05) is 0 Å². The Morgan fingerprint density at radius 3 is 2.55 bits per heavy atom. The highest BCUT2D eigenvalue weighted by Crippen LogP contribution is 2.16. The molecule has 0 aromatic heterocycles. The first-order valence-corrected chi connectivity index (χ1v) is 3.69. The van der Waals surface area contributed by atoms with Crippen LogP contribution < -0.4 is 5.84 Å². The van der Waals surface area contributed by atoms with E-state index in [2.05, 4.69) is 5.10 Å². The van der Waals surface area contributed by atoms with Crippen molar-refractivity contribution >= 4 is 28.4 Å². The predicted molar refractivity (Wildman–Crippen MR) is 48.0 cm³/mol. The lowest BCUT2D eigenvalue weighted by atomic mass is 10.2. The molecule has 0 saturated carbocycles. The molecule has 58 valence electrons. The average molecular weight is 189 g/mol. The Balaban J connectivity index is 3.14. The molecule has 4 heteroatoms. The van der Waals surface area contributed by atoms with Crippen LogP contribution >= 0.6 is 23.2 Å². The Kier molecular flexibility index (Phi) is 2.74. The van der Waals surface area contributed by atoms with E-state index in [1.165, 1.54) is 0 Å². The van der Waals surface area contributed by atoms with Gasteiger partial charge in [-0.15, -0.1) is 0 Å². The Bertz CT molecular complexity index is 284. The highest BCUT2D eigenvalue weighted by molar-refractivity contribution is 6.70. The second kappa shape index (κ2) is 3.60. The maximum Gasteiger partial charge on any atom is 0.157 e. The summed E-state index contributed by atoms with van der Waals surface area (Å²) in [5.74, 6) is 4.97. The summed E-state index contributed by atoms with van der Waals surface area (Å²) in [5, 5.41) is 4.08. The number of benzene rings is 1. The molecule has 0 aliphatic heterocycles. The molecule has 0 saturated heterocycles. The summed E-state index contributed by atoms with van der Waals surface area (Å²) < 4.78 is 0. The standard InChI is InChI=1S/C7H6Cl2N2/c8-6-4-2-1-3-5(6)7(9)11-10/h1-4H,10H2. The number of nitrogens with two attached hydrogens (primary N) is 1. The minimum absolute atomic E-state index is 0.218. The topological polar surface area (TPSA) is 38.4 Å². The van der Waals surface area contributed by atoms with Crippen LogP contribution in [-0.2, 0) is 0 Å². The van der Waals surface area contributed by atoms with Gasteiger partial charge in [0.1, 0.15) is 0 Å². The van der Waals surface area contributed by atoms with E-state index in [9.17, 15) is 0 Å². The van der Waals surface area contributed by atoms with Crippen LogP contribution in [-0.4, -0.2) is 5.17 Å². The zero-order chi connectivity index (χ0) is 8.27. The Labute approximate surface area is 74.6 Å². The van der Waals surface area contributed by atoms with Gasteiger partial charge in [0.25, 0.3) is 0 Å². The first-order valence-electron chi connectivity index (χ1n) is 2.94. The number of halogens is 2. The summed E-state index contributed by atoms with van der Waals surface area (Å²) in [6.07, 6.45) is 0. The number of nitrogens with zero attached hydrogens (tertiary/aromatic N) is 1. The molecule has 0 spiro atoms. The van der Waals surface area contributed by atoms with E-state index >= 15 is 0 Å². The van der Waals surface area contributed by atoms with Crippen LogP contribution in [0.5, 0.6) is 0 Å². The van der Waals surface area contributed by atoms with Crippen LogP contribution in [0.4, 0.5) is 0 Å². The van der Waals surface area contributed by atoms with Crippen molar-refractivity contribution in [2.24, 2.45) is 10.9 Å². The highest BCUT2D eigenvalue weighted by Gasteiger charge is 2.02. The molecule has 1 rings (SSSR count). The van der Waals surface area contributed by atoms with E-state index < -0.39 is 0 Å². The Morgan fingerprint density at radius 2 is 2.00 bits per heavy atom. The van der Waals surface area contributed by atoms with E-state index in [0.717, 1.165) is 0 Å². The Hall–Kier alpha value is -0.730. The van der Waals surface area contributed by atoms with Crippen LogP contribution in [0.2, 0.25) is 5.02 Å². The van der Waals surface area contributed by atoms with Gasteiger partial charge in [0.05, 0.1) is 5.02 Å². The van der Waals surface area contributed by atoms with Crippen LogP contribution in [0.1, 0.15) is 5.56 Å². The van der Waals surface area contributed by atoms with Crippen molar-refractivity contribution in [2.45, 2.75) is 0 Å². The minimum Gasteiger partial charge on any atom is -0.322 e. The lowest BCUT2D eigenvalue weighted by molar-refractivity contribution is 1.26. The largest absolute Gasteiger partial charge is 0.322 e. The third kappa shape index (κ3) is 1.85. The van der Waals surface area contributed by atoms with Gasteiger partial charge >= 0.3 is 0 Å². The number of hydrazone groups is 1. The molecule has 2 N–H and O–H groups in total. The molecule has 11 heavy (non-hydrogen) atoms. The van der Waals surface area contributed by atoms with Gasteiger partial charge in [0.2, 0.25) is 0 Å². The third-order valence-corrected chi connectivity index (χ3v) is 1.84. The molecule has 0 aliphatic rings. The van der Waals surface area contributed by atoms with Gasteiger partial charge in [0.15, 0.2) is 5.17 Å². The molecule has 0 atom stereocenters. The smallest absolute Gasteiger partial charge is 0.157 e. The van der Waals surface area contributed by atoms with Gasteiger partial charge in [0, 0.05) is 5.56 Å². The zero-order valence-corrected chi connectivity index (χ0v) is 7.10. The molecule has 0 radical (unpaired) electrons. The maximum absolute atomic E-state index is 5.78. The van der Waals surface area contributed by atoms with E-state index in [0.29, 0.717) is 10.6 Å². The zero-order valence-electron chi connectivity index (χ0n) is 5.59. The van der Waals surface area contributed by atoms with Crippen LogP contribution in [0.15, 0.2) is 29.4 Å². The van der Waals surface area contributed by atoms with Crippen molar-refractivity contribution in [3.63, 3.8) is 0 Å². The fourth-order valence-electron chi connectivity index (χ4n) is 0.698. The van der Waals surface area contributed by atoms with Crippen molar-refractivity contribution < 1.29 is 0 Å². The van der Waals surface area contributed by atoms with Crippen molar-refractivity contribution in [3.8, 4) is 0 Å². The van der Waals surface area contributed by atoms with Crippen molar-refractivity contribution in [3.05, 3.63) is 34.9 Å². The molecular formula is C7H6Cl2N2. The summed E-state index contributed by atoms with van der Waals surface area (Å²) in [7, 11) is 0. The first kappa shape index (κ1) is 8.37. The second-order valence-corrected chi connectivity index (χ2v) is 2.66. The fraction of sp³-hybridized carbons (Fsp3) is 0. The molecule has 0 bridgehead atoms. The van der Waals surface area contributed by atoms with Crippen LogP contribution in [0.3, 0.4) is 0 Å². The Morgan fingerprint density at radius 1 is 1.36 bits per heavy atom. The van der Waals surface area contributed by atoms with E-state index in [4.69, 9.17) is 29.0 Å². The second-order valence-electron chi connectivity index (χ2n) is 1.90. The van der Waals surface area contributed by atoms with Gasteiger partial charge in [-0.25, -0.2) is 0 Å². The van der Waals surface area contributed by atoms with Gasteiger partial charge in [-0.2, -0.15) is 5.10 Å². The minimum atomic E-state index is 0.218. The van der Waals surface area contributed by atoms with Gasteiger partial charge in [-0.05, 0) is 6.07 Å². The molecule has 2 nitrogen and oxygen atoms in total. The highest BCUT2D eigenvalue weighted by atomic mass is 35.5. The van der Waals surface area contributed by atoms with Crippen LogP contribution in [0, 0.1) is 0 Å². The normalized spacial score (nSPS) is 11.6. The first-order chi connectivity index (χ1) is 5.25. The molecule has 0 heterocycles. The van der Waals surface area contributed by atoms with Gasteiger partial charge < -0.3 is 5.84 Å². The van der Waals surface area contributed by atoms with Crippen molar-refractivity contribution in [1.82, 2.24) is 0 Å². The molecule has 0 unspecified atom stereocenters. The quantitative estimate of drug-likeness (QED) is 0.410. The summed E-state index contributed by atoms with van der Waals surface area (Å²) in [6, 6.07) is 7.10. The maximum atomic E-state index is 5.78. The van der Waals surface area contributed by atoms with Crippen molar-refractivity contribution in [1.29, 1.82) is 0 Å². The van der Waals surface area contributed by atoms with Gasteiger partial charge in [-0.3, -0.25) is 0 Å². The third-order valence-electron chi connectivity index (χ3n) is 1.21. The van der Waals surface area contributed by atoms with E-state index in [-0.39, 0.29) is 5.17 Å². The summed E-state index contributed by atoms with van der Waals surface area (Å²) >= 11 is 11.4. The van der Waals surface area contributed by atoms with E-state index in [1.54, 1.807) is 12.1 Å². The lowest BCUT2D eigenvalue weighted by Crippen LogP contribution is -1.95. The molecule has 1 aromatic carbocycles. The molecule has 1 aromatic rings. The monoisotopic (exact) mass is 188 g/mol. The van der Waals surface area contributed by atoms with Crippen LogP contribution in [0.25, 0.3) is 0 Å². The summed E-state index contributed by atoms with van der Waals surface area (Å²) in [6.45, 7) is 0. The SMILES string of the molecule is NN=C(Cl)c1ccccc1Cl. The van der Waals surface area contributed by atoms with Gasteiger partial charge in [-0.1, -0.05) is 41.4 Å². The molecule has 0 amide bonds. The number of hydrogen-bond acceptors (Lipinski definition) is 2.